The Morgan fingerprint density at radius 2 is 2.05 bits per heavy atom. The molecule has 1 unspecified atom stereocenters. The van der Waals surface area contributed by atoms with Gasteiger partial charge in [0, 0.05) is 29.8 Å². The number of nitrogens with zero attached hydrogens (tertiary/aromatic N) is 1. The zero-order valence-electron chi connectivity index (χ0n) is 13.7. The van der Waals surface area contributed by atoms with Crippen molar-refractivity contribution in [2.75, 3.05) is 18.0 Å². The van der Waals surface area contributed by atoms with Gasteiger partial charge in [-0.15, -0.1) is 0 Å². The topological polar surface area (TPSA) is 29.3 Å². The van der Waals surface area contributed by atoms with E-state index in [-0.39, 0.29) is 6.04 Å². The zero-order valence-corrected chi connectivity index (χ0v) is 14.4. The van der Waals surface area contributed by atoms with Gasteiger partial charge >= 0.3 is 0 Å². The lowest BCUT2D eigenvalue weighted by atomic mass is 9.85. The van der Waals surface area contributed by atoms with Crippen LogP contribution in [0.25, 0.3) is 0 Å². The number of rotatable bonds is 4. The monoisotopic (exact) mass is 308 g/mol. The van der Waals surface area contributed by atoms with Gasteiger partial charge in [-0.3, -0.25) is 0 Å². The third-order valence-electron chi connectivity index (χ3n) is 4.73. The van der Waals surface area contributed by atoms with Gasteiger partial charge in [0.2, 0.25) is 0 Å². The largest absolute Gasteiger partial charge is 0.371 e. The smallest absolute Gasteiger partial charge is 0.0410 e. The molecular weight excluding hydrogens is 280 g/mol. The van der Waals surface area contributed by atoms with Gasteiger partial charge in [-0.2, -0.15) is 0 Å². The van der Waals surface area contributed by atoms with E-state index in [0.29, 0.717) is 5.41 Å². The summed E-state index contributed by atoms with van der Waals surface area (Å²) in [5.41, 5.74) is 9.26. The molecule has 1 atom stereocenters. The second kappa shape index (κ2) is 7.02. The van der Waals surface area contributed by atoms with Gasteiger partial charge in [0.05, 0.1) is 0 Å². The minimum atomic E-state index is 0.214. The van der Waals surface area contributed by atoms with Crippen LogP contribution in [0.5, 0.6) is 0 Å². The van der Waals surface area contributed by atoms with Gasteiger partial charge in [-0.1, -0.05) is 32.4 Å². The Bertz CT molecular complexity index is 470. The van der Waals surface area contributed by atoms with Crippen molar-refractivity contribution in [3.05, 3.63) is 28.8 Å². The van der Waals surface area contributed by atoms with Crippen LogP contribution in [0, 0.1) is 5.41 Å². The van der Waals surface area contributed by atoms with Crippen molar-refractivity contribution in [3.63, 3.8) is 0 Å². The number of halogens is 1. The van der Waals surface area contributed by atoms with Crippen molar-refractivity contribution in [2.24, 2.45) is 11.1 Å². The molecule has 0 bridgehead atoms. The van der Waals surface area contributed by atoms with Gasteiger partial charge in [-0.05, 0) is 61.3 Å². The van der Waals surface area contributed by atoms with Crippen LogP contribution in [0.1, 0.15) is 52.0 Å². The highest BCUT2D eigenvalue weighted by Gasteiger charge is 2.24. The molecule has 0 radical (unpaired) electrons. The number of hydrogen-bond acceptors (Lipinski definition) is 2. The zero-order chi connectivity index (χ0) is 15.5. The minimum Gasteiger partial charge on any atom is -0.371 e. The van der Waals surface area contributed by atoms with E-state index in [0.717, 1.165) is 31.0 Å². The number of nitrogens with two attached hydrogens (primary N) is 1. The molecule has 21 heavy (non-hydrogen) atoms. The molecule has 0 spiro atoms. The molecule has 2 rings (SSSR count). The molecule has 1 saturated heterocycles. The fraction of sp³-hybridized carbons (Fsp3) is 0.667. The molecule has 1 fully saturated rings. The SMILES string of the molecule is CCC(N)Cc1cc(Cl)ccc1N1CCCC(C)(C)CC1. The van der Waals surface area contributed by atoms with Gasteiger partial charge in [0.15, 0.2) is 0 Å². The summed E-state index contributed by atoms with van der Waals surface area (Å²) in [5.74, 6) is 0. The molecular formula is C18H29ClN2. The normalized spacial score (nSPS) is 20.1. The first-order valence-electron chi connectivity index (χ1n) is 8.20. The van der Waals surface area contributed by atoms with E-state index in [1.54, 1.807) is 0 Å². The molecule has 0 aliphatic carbocycles. The third kappa shape index (κ3) is 4.62. The summed E-state index contributed by atoms with van der Waals surface area (Å²) >= 11 is 6.20. The quantitative estimate of drug-likeness (QED) is 0.878. The molecule has 2 N–H and O–H groups in total. The van der Waals surface area contributed by atoms with Crippen molar-refractivity contribution in [1.29, 1.82) is 0 Å². The first-order valence-corrected chi connectivity index (χ1v) is 8.58. The maximum atomic E-state index is 6.20. The minimum absolute atomic E-state index is 0.214. The fourth-order valence-corrected chi connectivity index (χ4v) is 3.31. The van der Waals surface area contributed by atoms with E-state index < -0.39 is 0 Å². The van der Waals surface area contributed by atoms with Gasteiger partial charge < -0.3 is 10.6 Å². The van der Waals surface area contributed by atoms with Gasteiger partial charge in [0.25, 0.3) is 0 Å². The predicted molar refractivity (Wildman–Crippen MR) is 93.3 cm³/mol. The highest BCUT2D eigenvalue weighted by Crippen LogP contribution is 2.33. The highest BCUT2D eigenvalue weighted by atomic mass is 35.5. The third-order valence-corrected chi connectivity index (χ3v) is 4.96. The van der Waals surface area contributed by atoms with E-state index in [9.17, 15) is 0 Å². The standard InChI is InChI=1S/C18H29ClN2/c1-4-16(20)13-14-12-15(19)6-7-17(14)21-10-5-8-18(2,3)9-11-21/h6-7,12,16H,4-5,8-11,13,20H2,1-3H3. The number of anilines is 1. The molecule has 3 heteroatoms. The maximum Gasteiger partial charge on any atom is 0.0410 e. The highest BCUT2D eigenvalue weighted by molar-refractivity contribution is 6.30. The lowest BCUT2D eigenvalue weighted by molar-refractivity contribution is 0.325. The van der Waals surface area contributed by atoms with Crippen LogP contribution < -0.4 is 10.6 Å². The van der Waals surface area contributed by atoms with Crippen molar-refractivity contribution in [1.82, 2.24) is 0 Å². The molecule has 1 aromatic rings. The summed E-state index contributed by atoms with van der Waals surface area (Å²) in [5, 5.41) is 0.812. The Labute approximate surface area is 134 Å². The van der Waals surface area contributed by atoms with Crippen molar-refractivity contribution < 1.29 is 0 Å². The Morgan fingerprint density at radius 1 is 1.29 bits per heavy atom. The second-order valence-corrected chi connectivity index (χ2v) is 7.59. The number of hydrogen-bond donors (Lipinski definition) is 1. The van der Waals surface area contributed by atoms with E-state index in [1.165, 1.54) is 30.5 Å². The van der Waals surface area contributed by atoms with E-state index >= 15 is 0 Å². The average Bonchev–Trinajstić information content (AvgIpc) is 2.60. The summed E-state index contributed by atoms with van der Waals surface area (Å²) in [7, 11) is 0. The van der Waals surface area contributed by atoms with E-state index in [4.69, 9.17) is 17.3 Å². The molecule has 1 aromatic carbocycles. The van der Waals surface area contributed by atoms with Crippen LogP contribution in [0.2, 0.25) is 5.02 Å². The molecule has 0 aromatic heterocycles. The average molecular weight is 309 g/mol. The summed E-state index contributed by atoms with van der Waals surface area (Å²) in [6.07, 6.45) is 5.72. The molecule has 1 aliphatic heterocycles. The first-order chi connectivity index (χ1) is 9.91. The fourth-order valence-electron chi connectivity index (χ4n) is 3.12. The summed E-state index contributed by atoms with van der Waals surface area (Å²) < 4.78 is 0. The van der Waals surface area contributed by atoms with E-state index in [1.807, 2.05) is 6.07 Å². The van der Waals surface area contributed by atoms with Crippen LogP contribution >= 0.6 is 11.6 Å². The maximum absolute atomic E-state index is 6.20. The Hall–Kier alpha value is -0.730. The van der Waals surface area contributed by atoms with Crippen LogP contribution in [-0.2, 0) is 6.42 Å². The molecule has 118 valence electrons. The lowest BCUT2D eigenvalue weighted by Crippen LogP contribution is -2.28. The Balaban J connectivity index is 2.21. The molecule has 0 amide bonds. The van der Waals surface area contributed by atoms with Crippen LogP contribution in [0.15, 0.2) is 18.2 Å². The van der Waals surface area contributed by atoms with Crippen LogP contribution in [0.3, 0.4) is 0 Å². The summed E-state index contributed by atoms with van der Waals surface area (Å²) in [6.45, 7) is 9.17. The first kappa shape index (κ1) is 16.6. The van der Waals surface area contributed by atoms with Gasteiger partial charge in [0.1, 0.15) is 0 Å². The Morgan fingerprint density at radius 3 is 2.76 bits per heavy atom. The van der Waals surface area contributed by atoms with Crippen molar-refractivity contribution >= 4 is 17.3 Å². The second-order valence-electron chi connectivity index (χ2n) is 7.15. The molecule has 2 nitrogen and oxygen atoms in total. The number of benzene rings is 1. The molecule has 0 saturated carbocycles. The van der Waals surface area contributed by atoms with Crippen LogP contribution in [0.4, 0.5) is 5.69 Å². The van der Waals surface area contributed by atoms with Crippen LogP contribution in [-0.4, -0.2) is 19.1 Å². The Kier molecular flexibility index (Phi) is 5.56. The van der Waals surface area contributed by atoms with Crippen molar-refractivity contribution in [2.45, 2.75) is 58.9 Å². The predicted octanol–water partition coefficient (Wildman–Crippen LogP) is 4.64. The summed E-state index contributed by atoms with van der Waals surface area (Å²) in [4.78, 5) is 2.53. The van der Waals surface area contributed by atoms with Gasteiger partial charge in [-0.25, -0.2) is 0 Å². The lowest BCUT2D eigenvalue weighted by Gasteiger charge is -2.27. The van der Waals surface area contributed by atoms with E-state index in [2.05, 4.69) is 37.8 Å². The molecule has 1 aliphatic rings. The summed E-state index contributed by atoms with van der Waals surface area (Å²) in [6, 6.07) is 6.50. The molecule has 1 heterocycles. The van der Waals surface area contributed by atoms with Crippen molar-refractivity contribution in [3.8, 4) is 0 Å².